The van der Waals surface area contributed by atoms with Crippen LogP contribution in [0.4, 0.5) is 5.69 Å². The molecule has 1 fully saturated rings. The first-order valence-electron chi connectivity index (χ1n) is 6.88. The number of rotatable bonds is 4. The van der Waals surface area contributed by atoms with Crippen LogP contribution in [0.25, 0.3) is 0 Å². The van der Waals surface area contributed by atoms with Crippen molar-refractivity contribution >= 4 is 5.69 Å². The number of aliphatic hydroxyl groups excluding tert-OH is 1. The van der Waals surface area contributed by atoms with Crippen molar-refractivity contribution in [2.45, 2.75) is 25.4 Å². The molecule has 1 N–H and O–H groups in total. The van der Waals surface area contributed by atoms with Gasteiger partial charge < -0.3 is 19.6 Å². The highest BCUT2D eigenvalue weighted by Gasteiger charge is 2.31. The molecular formula is C15H24N2O2. The Morgan fingerprint density at radius 2 is 2.05 bits per heavy atom. The summed E-state index contributed by atoms with van der Waals surface area (Å²) in [6, 6.07) is 8.87. The van der Waals surface area contributed by atoms with Crippen molar-refractivity contribution in [2.24, 2.45) is 0 Å². The van der Waals surface area contributed by atoms with E-state index in [1.165, 1.54) is 0 Å². The maximum atomic E-state index is 9.31. The topological polar surface area (TPSA) is 35.9 Å². The molecule has 0 bridgehead atoms. The van der Waals surface area contributed by atoms with E-state index in [2.05, 4.69) is 29.8 Å². The SMILES string of the molecule is COc1ccccc1N1C(C)CN(C)CC1CCO. The smallest absolute Gasteiger partial charge is 0.142 e. The lowest BCUT2D eigenvalue weighted by Crippen LogP contribution is -2.57. The first-order chi connectivity index (χ1) is 9.17. The van der Waals surface area contributed by atoms with Gasteiger partial charge in [-0.2, -0.15) is 0 Å². The molecule has 0 spiro atoms. The highest BCUT2D eigenvalue weighted by molar-refractivity contribution is 5.60. The molecule has 2 unspecified atom stereocenters. The van der Waals surface area contributed by atoms with Crippen LogP contribution in [0.3, 0.4) is 0 Å². The number of nitrogens with zero attached hydrogens (tertiary/aromatic N) is 2. The fraction of sp³-hybridized carbons (Fsp3) is 0.600. The summed E-state index contributed by atoms with van der Waals surface area (Å²) in [6.07, 6.45) is 0.784. The Bertz CT molecular complexity index is 411. The Hall–Kier alpha value is -1.26. The van der Waals surface area contributed by atoms with Gasteiger partial charge in [-0.1, -0.05) is 12.1 Å². The predicted octanol–water partition coefficient (Wildman–Crippen LogP) is 1.59. The summed E-state index contributed by atoms with van der Waals surface area (Å²) in [5.74, 6) is 0.904. The molecule has 0 saturated carbocycles. The summed E-state index contributed by atoms with van der Waals surface area (Å²) >= 11 is 0. The fourth-order valence-corrected chi connectivity index (χ4v) is 3.08. The second kappa shape index (κ2) is 6.26. The Labute approximate surface area is 115 Å². The maximum absolute atomic E-state index is 9.31. The summed E-state index contributed by atoms with van der Waals surface area (Å²) in [5, 5.41) is 9.31. The Morgan fingerprint density at radius 1 is 1.32 bits per heavy atom. The summed E-state index contributed by atoms with van der Waals surface area (Å²) in [5.41, 5.74) is 1.13. The van der Waals surface area contributed by atoms with Gasteiger partial charge in [-0.25, -0.2) is 0 Å². The van der Waals surface area contributed by atoms with Gasteiger partial charge in [0.25, 0.3) is 0 Å². The highest BCUT2D eigenvalue weighted by atomic mass is 16.5. The minimum atomic E-state index is 0.219. The van der Waals surface area contributed by atoms with E-state index < -0.39 is 0 Å². The van der Waals surface area contributed by atoms with Crippen LogP contribution in [0.1, 0.15) is 13.3 Å². The molecule has 1 heterocycles. The van der Waals surface area contributed by atoms with Crippen molar-refractivity contribution in [3.8, 4) is 5.75 Å². The average Bonchev–Trinajstić information content (AvgIpc) is 2.39. The van der Waals surface area contributed by atoms with Gasteiger partial charge in [0.05, 0.1) is 12.8 Å². The number of hydrogen-bond acceptors (Lipinski definition) is 4. The molecule has 0 amide bonds. The van der Waals surface area contributed by atoms with Crippen LogP contribution in [-0.2, 0) is 0 Å². The number of ether oxygens (including phenoxy) is 1. The molecule has 4 nitrogen and oxygen atoms in total. The van der Waals surface area contributed by atoms with E-state index in [0.717, 1.165) is 30.9 Å². The summed E-state index contributed by atoms with van der Waals surface area (Å²) in [6.45, 7) is 4.45. The molecule has 1 aromatic rings. The maximum Gasteiger partial charge on any atom is 0.142 e. The second-order valence-corrected chi connectivity index (χ2v) is 5.32. The van der Waals surface area contributed by atoms with Crippen LogP contribution in [0.15, 0.2) is 24.3 Å². The number of para-hydroxylation sites is 2. The molecular weight excluding hydrogens is 240 g/mol. The van der Waals surface area contributed by atoms with Crippen molar-refractivity contribution < 1.29 is 9.84 Å². The normalized spacial score (nSPS) is 24.5. The molecule has 1 saturated heterocycles. The minimum Gasteiger partial charge on any atom is -0.495 e. The second-order valence-electron chi connectivity index (χ2n) is 5.32. The van der Waals surface area contributed by atoms with Crippen LogP contribution < -0.4 is 9.64 Å². The molecule has 106 valence electrons. The number of likely N-dealkylation sites (N-methyl/N-ethyl adjacent to an activating group) is 1. The zero-order chi connectivity index (χ0) is 13.8. The summed E-state index contributed by atoms with van der Waals surface area (Å²) in [4.78, 5) is 4.73. The standard InChI is InChI=1S/C15H24N2O2/c1-12-10-16(2)11-13(8-9-18)17(12)14-6-4-5-7-15(14)19-3/h4-7,12-13,18H,8-11H2,1-3H3. The van der Waals surface area contributed by atoms with Crippen LogP contribution in [0.2, 0.25) is 0 Å². The van der Waals surface area contributed by atoms with Crippen molar-refractivity contribution in [1.29, 1.82) is 0 Å². The van der Waals surface area contributed by atoms with Crippen molar-refractivity contribution in [2.75, 3.05) is 38.8 Å². The Balaban J connectivity index is 2.32. The lowest BCUT2D eigenvalue weighted by molar-refractivity contribution is 0.197. The summed E-state index contributed by atoms with van der Waals surface area (Å²) < 4.78 is 5.48. The molecule has 1 aliphatic rings. The number of piperazine rings is 1. The first kappa shape index (κ1) is 14.2. The van der Waals surface area contributed by atoms with Gasteiger partial charge in [0.1, 0.15) is 5.75 Å². The number of aliphatic hydroxyl groups is 1. The van der Waals surface area contributed by atoms with Crippen molar-refractivity contribution in [1.82, 2.24) is 4.90 Å². The third-order valence-corrected chi connectivity index (χ3v) is 3.79. The van der Waals surface area contributed by atoms with Crippen LogP contribution >= 0.6 is 0 Å². The number of benzene rings is 1. The monoisotopic (exact) mass is 264 g/mol. The first-order valence-corrected chi connectivity index (χ1v) is 6.88. The van der Waals surface area contributed by atoms with Gasteiger partial charge in [0, 0.05) is 31.8 Å². The van der Waals surface area contributed by atoms with Crippen LogP contribution in [0.5, 0.6) is 5.75 Å². The van der Waals surface area contributed by atoms with E-state index in [-0.39, 0.29) is 6.61 Å². The quantitative estimate of drug-likeness (QED) is 0.896. The zero-order valence-corrected chi connectivity index (χ0v) is 12.0. The Morgan fingerprint density at radius 3 is 2.74 bits per heavy atom. The van der Waals surface area contributed by atoms with Gasteiger partial charge in [-0.05, 0) is 32.5 Å². The van der Waals surface area contributed by atoms with Crippen molar-refractivity contribution in [3.05, 3.63) is 24.3 Å². The molecule has 4 heteroatoms. The average molecular weight is 264 g/mol. The fourth-order valence-electron chi connectivity index (χ4n) is 3.08. The molecule has 1 aliphatic heterocycles. The van der Waals surface area contributed by atoms with Gasteiger partial charge in [0.15, 0.2) is 0 Å². The third-order valence-electron chi connectivity index (χ3n) is 3.79. The molecule has 0 aromatic heterocycles. The minimum absolute atomic E-state index is 0.219. The third kappa shape index (κ3) is 3.01. The number of hydrogen-bond donors (Lipinski definition) is 1. The molecule has 19 heavy (non-hydrogen) atoms. The largest absolute Gasteiger partial charge is 0.495 e. The van der Waals surface area contributed by atoms with E-state index >= 15 is 0 Å². The number of anilines is 1. The van der Waals surface area contributed by atoms with Gasteiger partial charge in [-0.3, -0.25) is 0 Å². The molecule has 2 atom stereocenters. The Kier molecular flexibility index (Phi) is 4.66. The molecule has 1 aromatic carbocycles. The summed E-state index contributed by atoms with van der Waals surface area (Å²) in [7, 11) is 3.85. The predicted molar refractivity (Wildman–Crippen MR) is 77.9 cm³/mol. The van der Waals surface area contributed by atoms with E-state index in [4.69, 9.17) is 4.74 Å². The van der Waals surface area contributed by atoms with E-state index in [0.29, 0.717) is 12.1 Å². The van der Waals surface area contributed by atoms with Crippen LogP contribution in [0, 0.1) is 0 Å². The van der Waals surface area contributed by atoms with E-state index in [1.54, 1.807) is 7.11 Å². The lowest BCUT2D eigenvalue weighted by Gasteiger charge is -2.46. The molecule has 0 radical (unpaired) electrons. The zero-order valence-electron chi connectivity index (χ0n) is 12.0. The highest BCUT2D eigenvalue weighted by Crippen LogP contribution is 2.33. The molecule has 2 rings (SSSR count). The van der Waals surface area contributed by atoms with Gasteiger partial charge in [0.2, 0.25) is 0 Å². The van der Waals surface area contributed by atoms with E-state index in [9.17, 15) is 5.11 Å². The lowest BCUT2D eigenvalue weighted by atomic mass is 10.0. The van der Waals surface area contributed by atoms with Gasteiger partial charge in [-0.15, -0.1) is 0 Å². The van der Waals surface area contributed by atoms with Crippen molar-refractivity contribution in [3.63, 3.8) is 0 Å². The van der Waals surface area contributed by atoms with E-state index in [1.807, 2.05) is 18.2 Å². The van der Waals surface area contributed by atoms with Gasteiger partial charge >= 0.3 is 0 Å². The number of methoxy groups -OCH3 is 1. The molecule has 0 aliphatic carbocycles. The van der Waals surface area contributed by atoms with Crippen LogP contribution in [-0.4, -0.2) is 55.9 Å².